The summed E-state index contributed by atoms with van der Waals surface area (Å²) in [5, 5.41) is 8.88. The zero-order chi connectivity index (χ0) is 20.9. The molecule has 0 fully saturated rings. The Kier molecular flexibility index (Phi) is 6.10. The van der Waals surface area contributed by atoms with Gasteiger partial charge in [0.05, 0.1) is 27.8 Å². The number of rotatable bonds is 6. The fraction of sp³-hybridized carbons (Fsp3) is 0.130. The summed E-state index contributed by atoms with van der Waals surface area (Å²) in [6.07, 6.45) is 0.461. The Morgan fingerprint density at radius 3 is 2.10 bits per heavy atom. The Balaban J connectivity index is 1.81. The molecule has 0 saturated heterocycles. The van der Waals surface area contributed by atoms with Crippen LogP contribution in [-0.4, -0.2) is 20.1 Å². The predicted molar refractivity (Wildman–Crippen MR) is 110 cm³/mol. The summed E-state index contributed by atoms with van der Waals surface area (Å²) in [7, 11) is -3.55. The fourth-order valence-electron chi connectivity index (χ4n) is 2.90. The van der Waals surface area contributed by atoms with Crippen LogP contribution in [0, 0.1) is 11.3 Å². The largest absolute Gasteiger partial charge is 0.423 e. The first-order valence-corrected chi connectivity index (χ1v) is 10.7. The molecule has 3 aromatic rings. The number of benzene rings is 3. The smallest absolute Gasteiger partial charge is 0.344 e. The highest BCUT2D eigenvalue weighted by molar-refractivity contribution is 7.91. The minimum absolute atomic E-state index is 0.0129. The van der Waals surface area contributed by atoms with Crippen LogP contribution in [0.4, 0.5) is 0 Å². The van der Waals surface area contributed by atoms with Crippen molar-refractivity contribution in [3.05, 3.63) is 83.9 Å². The van der Waals surface area contributed by atoms with Crippen molar-refractivity contribution < 1.29 is 17.9 Å². The molecule has 0 atom stereocenters. The minimum Gasteiger partial charge on any atom is -0.423 e. The van der Waals surface area contributed by atoms with E-state index in [1.54, 1.807) is 55.5 Å². The monoisotopic (exact) mass is 405 g/mol. The molecule has 146 valence electrons. The Morgan fingerprint density at radius 2 is 1.52 bits per heavy atom. The van der Waals surface area contributed by atoms with Crippen LogP contribution in [0.15, 0.2) is 77.7 Å². The maximum atomic E-state index is 12.6. The molecule has 0 spiro atoms. The summed E-state index contributed by atoms with van der Waals surface area (Å²) < 4.78 is 30.3. The predicted octanol–water partition coefficient (Wildman–Crippen LogP) is 4.63. The molecule has 5 nitrogen and oxygen atoms in total. The van der Waals surface area contributed by atoms with E-state index in [0.29, 0.717) is 17.7 Å². The summed E-state index contributed by atoms with van der Waals surface area (Å²) in [6, 6.07) is 22.2. The molecule has 0 heterocycles. The Labute approximate surface area is 170 Å². The summed E-state index contributed by atoms with van der Waals surface area (Å²) in [5.41, 5.74) is 2.44. The van der Waals surface area contributed by atoms with E-state index in [4.69, 9.17) is 10.00 Å². The van der Waals surface area contributed by atoms with Gasteiger partial charge in [0.25, 0.3) is 0 Å². The van der Waals surface area contributed by atoms with Crippen molar-refractivity contribution >= 4 is 15.8 Å². The minimum atomic E-state index is -3.55. The van der Waals surface area contributed by atoms with Crippen LogP contribution >= 0.6 is 0 Å². The van der Waals surface area contributed by atoms with Crippen molar-refractivity contribution in [2.24, 2.45) is 0 Å². The quantitative estimate of drug-likeness (QED) is 0.441. The van der Waals surface area contributed by atoms with Crippen LogP contribution in [0.25, 0.3) is 11.1 Å². The zero-order valence-electron chi connectivity index (χ0n) is 15.8. The normalized spacial score (nSPS) is 10.9. The van der Waals surface area contributed by atoms with E-state index in [2.05, 4.69) is 6.07 Å². The molecule has 3 aromatic carbocycles. The third-order valence-corrected chi connectivity index (χ3v) is 6.30. The van der Waals surface area contributed by atoms with Gasteiger partial charge in [0.15, 0.2) is 9.84 Å². The van der Waals surface area contributed by atoms with Crippen molar-refractivity contribution in [1.82, 2.24) is 0 Å². The number of nitriles is 1. The average Bonchev–Trinajstić information content (AvgIpc) is 2.74. The first kappa shape index (κ1) is 20.3. The van der Waals surface area contributed by atoms with Crippen LogP contribution < -0.4 is 4.74 Å². The van der Waals surface area contributed by atoms with E-state index in [9.17, 15) is 13.2 Å². The molecule has 0 aliphatic heterocycles. The molecule has 29 heavy (non-hydrogen) atoms. The van der Waals surface area contributed by atoms with Gasteiger partial charge in [-0.25, -0.2) is 13.2 Å². The number of esters is 1. The van der Waals surface area contributed by atoms with Gasteiger partial charge in [-0.15, -0.1) is 0 Å². The van der Waals surface area contributed by atoms with Crippen LogP contribution in [0.1, 0.15) is 29.3 Å². The molecule has 0 bridgehead atoms. The number of ether oxygens (including phenoxy) is 1. The lowest BCUT2D eigenvalue weighted by Crippen LogP contribution is -2.16. The van der Waals surface area contributed by atoms with Gasteiger partial charge in [0.2, 0.25) is 0 Å². The number of carbonyl (C=O) groups is 1. The molecular formula is C23H19NO4S. The molecule has 6 heteroatoms. The molecule has 0 unspecified atom stereocenters. The van der Waals surface area contributed by atoms with Crippen molar-refractivity contribution in [3.8, 4) is 22.9 Å². The summed E-state index contributed by atoms with van der Waals surface area (Å²) in [4.78, 5) is 12.6. The summed E-state index contributed by atoms with van der Waals surface area (Å²) in [5.74, 6) is -0.433. The topological polar surface area (TPSA) is 84.2 Å². The van der Waals surface area contributed by atoms with Crippen LogP contribution in [0.3, 0.4) is 0 Å². The van der Waals surface area contributed by atoms with Gasteiger partial charge >= 0.3 is 5.97 Å². The third-order valence-electron chi connectivity index (χ3n) is 4.33. The van der Waals surface area contributed by atoms with Crippen molar-refractivity contribution in [2.45, 2.75) is 18.2 Å². The van der Waals surface area contributed by atoms with Crippen LogP contribution in [0.5, 0.6) is 5.75 Å². The average molecular weight is 405 g/mol. The van der Waals surface area contributed by atoms with Gasteiger partial charge in [-0.3, -0.25) is 0 Å². The maximum absolute atomic E-state index is 12.6. The standard InChI is InChI=1S/C23H19NO4S/c1-2-15-29(26,27)22-6-4-3-5-21(22)23(25)28-20-13-11-19(12-14-20)18-9-7-17(16-24)8-10-18/h3-14H,2,15H2,1H3. The van der Waals surface area contributed by atoms with Gasteiger partial charge in [0.1, 0.15) is 5.75 Å². The van der Waals surface area contributed by atoms with Gasteiger partial charge in [0, 0.05) is 0 Å². The lowest BCUT2D eigenvalue weighted by molar-refractivity contribution is 0.0730. The Hall–Kier alpha value is -3.43. The second-order valence-electron chi connectivity index (χ2n) is 6.42. The summed E-state index contributed by atoms with van der Waals surface area (Å²) >= 11 is 0. The number of sulfone groups is 1. The Bertz CT molecular complexity index is 1160. The van der Waals surface area contributed by atoms with Crippen molar-refractivity contribution in [1.29, 1.82) is 5.26 Å². The molecule has 0 aliphatic rings. The van der Waals surface area contributed by atoms with E-state index in [-0.39, 0.29) is 16.2 Å². The first-order valence-electron chi connectivity index (χ1n) is 9.09. The highest BCUT2D eigenvalue weighted by Gasteiger charge is 2.22. The SMILES string of the molecule is CCCS(=O)(=O)c1ccccc1C(=O)Oc1ccc(-c2ccc(C#N)cc2)cc1. The third kappa shape index (κ3) is 4.71. The highest BCUT2D eigenvalue weighted by Crippen LogP contribution is 2.24. The van der Waals surface area contributed by atoms with E-state index < -0.39 is 15.8 Å². The van der Waals surface area contributed by atoms with Gasteiger partial charge in [-0.1, -0.05) is 43.3 Å². The van der Waals surface area contributed by atoms with E-state index in [1.807, 2.05) is 12.1 Å². The lowest BCUT2D eigenvalue weighted by atomic mass is 10.0. The molecule has 0 radical (unpaired) electrons. The molecule has 0 aliphatic carbocycles. The van der Waals surface area contributed by atoms with E-state index >= 15 is 0 Å². The Morgan fingerprint density at radius 1 is 0.931 bits per heavy atom. The van der Waals surface area contributed by atoms with E-state index in [1.165, 1.54) is 12.1 Å². The van der Waals surface area contributed by atoms with Crippen LogP contribution in [0.2, 0.25) is 0 Å². The summed E-state index contributed by atoms with van der Waals surface area (Å²) in [6.45, 7) is 1.77. The van der Waals surface area contributed by atoms with Gasteiger partial charge < -0.3 is 4.74 Å². The van der Waals surface area contributed by atoms with Crippen molar-refractivity contribution in [3.63, 3.8) is 0 Å². The molecule has 3 rings (SSSR count). The molecule has 0 amide bonds. The molecular weight excluding hydrogens is 386 g/mol. The highest BCUT2D eigenvalue weighted by atomic mass is 32.2. The fourth-order valence-corrected chi connectivity index (χ4v) is 4.43. The van der Waals surface area contributed by atoms with Gasteiger partial charge in [-0.05, 0) is 53.9 Å². The lowest BCUT2D eigenvalue weighted by Gasteiger charge is -2.10. The van der Waals surface area contributed by atoms with Gasteiger partial charge in [-0.2, -0.15) is 5.26 Å². The number of hydrogen-bond donors (Lipinski definition) is 0. The van der Waals surface area contributed by atoms with Crippen molar-refractivity contribution in [2.75, 3.05) is 5.75 Å². The second-order valence-corrected chi connectivity index (χ2v) is 8.50. The number of hydrogen-bond acceptors (Lipinski definition) is 5. The number of carbonyl (C=O) groups excluding carboxylic acids is 1. The first-order chi connectivity index (χ1) is 13.9. The molecule has 0 aromatic heterocycles. The van der Waals surface area contributed by atoms with E-state index in [0.717, 1.165) is 11.1 Å². The number of nitrogens with zero attached hydrogens (tertiary/aromatic N) is 1. The zero-order valence-corrected chi connectivity index (χ0v) is 16.6. The second kappa shape index (κ2) is 8.72. The molecule has 0 saturated carbocycles. The maximum Gasteiger partial charge on any atom is 0.344 e. The molecule has 0 N–H and O–H groups in total. The van der Waals surface area contributed by atoms with Crippen LogP contribution in [-0.2, 0) is 9.84 Å².